The smallest absolute Gasteiger partial charge is 0.222 e. The highest BCUT2D eigenvalue weighted by Gasteiger charge is 2.34. The van der Waals surface area contributed by atoms with E-state index in [1.165, 1.54) is 0 Å². The van der Waals surface area contributed by atoms with Crippen LogP contribution in [0.5, 0.6) is 0 Å². The number of fused-ring (bicyclic) bond motifs is 1. The van der Waals surface area contributed by atoms with Gasteiger partial charge >= 0.3 is 0 Å². The molecule has 0 bridgehead atoms. The third-order valence-electron chi connectivity index (χ3n) is 6.48. The van der Waals surface area contributed by atoms with Crippen LogP contribution in [0.15, 0.2) is 30.7 Å². The van der Waals surface area contributed by atoms with Crippen LogP contribution in [0.1, 0.15) is 51.4 Å². The molecule has 2 aromatic rings. The number of nitrogens with zero attached hydrogens (tertiary/aromatic N) is 3. The van der Waals surface area contributed by atoms with Gasteiger partial charge in [0.05, 0.1) is 23.9 Å². The maximum atomic E-state index is 12.6. The molecule has 1 saturated heterocycles. The zero-order chi connectivity index (χ0) is 19.6. The number of carbonyl (C=O) groups excluding carboxylic acids is 2. The lowest BCUT2D eigenvalue weighted by Gasteiger charge is -2.38. The van der Waals surface area contributed by atoms with Gasteiger partial charge in [-0.05, 0) is 44.2 Å². The summed E-state index contributed by atoms with van der Waals surface area (Å²) in [6, 6.07) is 4.00. The molecule has 2 aromatic heterocycles. The number of pyridine rings is 1. The molecule has 1 N–H and O–H groups in total. The van der Waals surface area contributed by atoms with Gasteiger partial charge < -0.3 is 14.6 Å². The summed E-state index contributed by atoms with van der Waals surface area (Å²) >= 11 is 0. The molecular formula is C22H29N3O3. The molecule has 1 saturated carbocycles. The van der Waals surface area contributed by atoms with Crippen LogP contribution >= 0.6 is 0 Å². The molecule has 0 aromatic carbocycles. The van der Waals surface area contributed by atoms with Gasteiger partial charge in [-0.3, -0.25) is 14.6 Å². The lowest BCUT2D eigenvalue weighted by Crippen LogP contribution is -2.48. The van der Waals surface area contributed by atoms with Crippen LogP contribution in [0.2, 0.25) is 0 Å². The summed E-state index contributed by atoms with van der Waals surface area (Å²) in [6.45, 7) is 1.66. The minimum absolute atomic E-state index is 0.0788. The zero-order valence-corrected chi connectivity index (χ0v) is 16.3. The molecule has 1 amide bonds. The molecule has 2 fully saturated rings. The second-order valence-electron chi connectivity index (χ2n) is 8.43. The van der Waals surface area contributed by atoms with Crippen LogP contribution in [-0.4, -0.2) is 49.9 Å². The Morgan fingerprint density at radius 3 is 2.86 bits per heavy atom. The van der Waals surface area contributed by atoms with Crippen molar-refractivity contribution in [3.05, 3.63) is 30.7 Å². The lowest BCUT2D eigenvalue weighted by atomic mass is 9.84. The number of aromatic nitrogens is 2. The molecule has 2 aliphatic rings. The van der Waals surface area contributed by atoms with E-state index >= 15 is 0 Å². The molecule has 1 aliphatic heterocycles. The van der Waals surface area contributed by atoms with Crippen LogP contribution in [-0.2, 0) is 16.1 Å². The summed E-state index contributed by atoms with van der Waals surface area (Å²) in [5.74, 6) is 0.534. The number of amides is 1. The largest absolute Gasteiger partial charge is 0.388 e. The van der Waals surface area contributed by atoms with Crippen molar-refractivity contribution in [3.8, 4) is 0 Å². The molecule has 0 radical (unpaired) electrons. The lowest BCUT2D eigenvalue weighted by molar-refractivity contribution is -0.136. The Bertz CT molecular complexity index is 852. The topological polar surface area (TPSA) is 75.4 Å². The Hall–Kier alpha value is -2.21. The van der Waals surface area contributed by atoms with Gasteiger partial charge in [-0.15, -0.1) is 0 Å². The number of Topliss-reactive ketones (excluding diaryl/α,β-unsaturated/α-hetero) is 1. The van der Waals surface area contributed by atoms with Gasteiger partial charge in [0.25, 0.3) is 0 Å². The van der Waals surface area contributed by atoms with E-state index in [4.69, 9.17) is 0 Å². The number of hydrogen-bond acceptors (Lipinski definition) is 4. The normalized spacial score (nSPS) is 22.5. The molecule has 1 atom stereocenters. The van der Waals surface area contributed by atoms with E-state index in [2.05, 4.69) is 9.55 Å². The number of aliphatic hydroxyl groups is 1. The molecule has 4 rings (SSSR count). The summed E-state index contributed by atoms with van der Waals surface area (Å²) in [7, 11) is 0. The van der Waals surface area contributed by atoms with Crippen molar-refractivity contribution in [1.82, 2.24) is 14.5 Å². The Kier molecular flexibility index (Phi) is 5.49. The highest BCUT2D eigenvalue weighted by molar-refractivity contribution is 5.83. The number of likely N-dealkylation sites (tertiary alicyclic amines) is 1. The summed E-state index contributed by atoms with van der Waals surface area (Å²) in [5, 5.41) is 12.2. The van der Waals surface area contributed by atoms with Gasteiger partial charge in [0, 0.05) is 49.6 Å². The van der Waals surface area contributed by atoms with Crippen molar-refractivity contribution in [1.29, 1.82) is 0 Å². The van der Waals surface area contributed by atoms with E-state index in [1.54, 1.807) is 6.20 Å². The standard InChI is InChI=1S/C22H29N3O3/c26-20-4-2-1-3-18(20)5-6-21(27)24-13-9-22(28,10-14-24)16-25-12-8-17-7-11-23-15-19(17)25/h7-8,11-12,15,18,28H,1-6,9-10,13-14,16H2/t18-/m0/s1. The molecule has 6 heteroatoms. The molecule has 3 heterocycles. The fourth-order valence-electron chi connectivity index (χ4n) is 4.63. The van der Waals surface area contributed by atoms with Crippen molar-refractivity contribution in [2.24, 2.45) is 5.92 Å². The molecule has 28 heavy (non-hydrogen) atoms. The number of hydrogen-bond donors (Lipinski definition) is 1. The fourth-order valence-corrected chi connectivity index (χ4v) is 4.63. The first-order valence-corrected chi connectivity index (χ1v) is 10.5. The Labute approximate surface area is 165 Å². The SMILES string of the molecule is O=C1CCCC[C@H]1CCC(=O)N1CCC(O)(Cn2ccc3ccncc32)CC1. The predicted molar refractivity (Wildman–Crippen MR) is 107 cm³/mol. The summed E-state index contributed by atoms with van der Waals surface area (Å²) < 4.78 is 2.05. The summed E-state index contributed by atoms with van der Waals surface area (Å²) in [4.78, 5) is 30.6. The highest BCUT2D eigenvalue weighted by Crippen LogP contribution is 2.28. The van der Waals surface area contributed by atoms with Gasteiger partial charge in [-0.1, -0.05) is 6.42 Å². The Balaban J connectivity index is 1.29. The minimum atomic E-state index is -0.808. The van der Waals surface area contributed by atoms with Crippen molar-refractivity contribution >= 4 is 22.6 Å². The predicted octanol–water partition coefficient (Wildman–Crippen LogP) is 2.93. The maximum Gasteiger partial charge on any atom is 0.222 e. The Morgan fingerprint density at radius 2 is 2.07 bits per heavy atom. The molecule has 0 spiro atoms. The molecular weight excluding hydrogens is 354 g/mol. The average molecular weight is 383 g/mol. The van der Waals surface area contributed by atoms with Crippen LogP contribution in [0.4, 0.5) is 0 Å². The van der Waals surface area contributed by atoms with Crippen molar-refractivity contribution < 1.29 is 14.7 Å². The molecule has 0 unspecified atom stereocenters. The molecule has 150 valence electrons. The second kappa shape index (κ2) is 8.03. The van der Waals surface area contributed by atoms with Gasteiger partial charge in [0.2, 0.25) is 5.91 Å². The molecule has 1 aliphatic carbocycles. The fraction of sp³-hybridized carbons (Fsp3) is 0.591. The van der Waals surface area contributed by atoms with Crippen LogP contribution < -0.4 is 0 Å². The Morgan fingerprint density at radius 1 is 1.25 bits per heavy atom. The van der Waals surface area contributed by atoms with Crippen molar-refractivity contribution in [3.63, 3.8) is 0 Å². The average Bonchev–Trinajstić information content (AvgIpc) is 3.10. The minimum Gasteiger partial charge on any atom is -0.388 e. The second-order valence-corrected chi connectivity index (χ2v) is 8.43. The zero-order valence-electron chi connectivity index (χ0n) is 16.3. The van der Waals surface area contributed by atoms with E-state index in [0.29, 0.717) is 57.5 Å². The van der Waals surface area contributed by atoms with Gasteiger partial charge in [0.1, 0.15) is 5.78 Å². The van der Waals surface area contributed by atoms with E-state index in [0.717, 1.165) is 30.2 Å². The summed E-state index contributed by atoms with van der Waals surface area (Å²) in [5.41, 5.74) is 0.212. The van der Waals surface area contributed by atoms with E-state index in [9.17, 15) is 14.7 Å². The van der Waals surface area contributed by atoms with Crippen LogP contribution in [0.3, 0.4) is 0 Å². The van der Waals surface area contributed by atoms with E-state index in [-0.39, 0.29) is 11.8 Å². The third-order valence-corrected chi connectivity index (χ3v) is 6.48. The highest BCUT2D eigenvalue weighted by atomic mass is 16.3. The first-order chi connectivity index (χ1) is 13.5. The maximum absolute atomic E-state index is 12.6. The van der Waals surface area contributed by atoms with E-state index < -0.39 is 5.60 Å². The quantitative estimate of drug-likeness (QED) is 0.861. The number of piperidine rings is 1. The van der Waals surface area contributed by atoms with Gasteiger partial charge in [0.15, 0.2) is 0 Å². The first kappa shape index (κ1) is 19.1. The first-order valence-electron chi connectivity index (χ1n) is 10.5. The van der Waals surface area contributed by atoms with Gasteiger partial charge in [-0.2, -0.15) is 0 Å². The van der Waals surface area contributed by atoms with Gasteiger partial charge in [-0.25, -0.2) is 0 Å². The number of ketones is 1. The van der Waals surface area contributed by atoms with Crippen LogP contribution in [0.25, 0.3) is 10.9 Å². The molecule has 6 nitrogen and oxygen atoms in total. The summed E-state index contributed by atoms with van der Waals surface area (Å²) in [6.07, 6.45) is 11.6. The van der Waals surface area contributed by atoms with Crippen LogP contribution in [0, 0.1) is 5.92 Å². The van der Waals surface area contributed by atoms with Crippen molar-refractivity contribution in [2.75, 3.05) is 13.1 Å². The monoisotopic (exact) mass is 383 g/mol. The number of rotatable bonds is 5. The van der Waals surface area contributed by atoms with E-state index in [1.807, 2.05) is 29.4 Å². The van der Waals surface area contributed by atoms with Crippen molar-refractivity contribution in [2.45, 2.75) is 63.5 Å². The third kappa shape index (κ3) is 4.12. The number of carbonyl (C=O) groups is 2.